The Kier molecular flexibility index (Phi) is 3.03. The molecule has 0 spiro atoms. The Labute approximate surface area is 117 Å². The lowest BCUT2D eigenvalue weighted by molar-refractivity contribution is 0.103. The largest absolute Gasteiger partial charge is 0.289 e. The van der Waals surface area contributed by atoms with Gasteiger partial charge in [-0.05, 0) is 37.6 Å². The van der Waals surface area contributed by atoms with Crippen LogP contribution in [0.5, 0.6) is 0 Å². The molecule has 0 bridgehead atoms. The smallest absolute Gasteiger partial charge is 0.193 e. The van der Waals surface area contributed by atoms with Crippen molar-refractivity contribution in [3.63, 3.8) is 0 Å². The van der Waals surface area contributed by atoms with Gasteiger partial charge < -0.3 is 0 Å². The van der Waals surface area contributed by atoms with Crippen LogP contribution >= 0.6 is 0 Å². The standard InChI is InChI=1S/C17H14N2O/c1-11-3-5-14(12(2)9-11)17(20)13-4-6-15-16(10-13)19-8-7-18-15/h3-10H,1-2H3. The monoisotopic (exact) mass is 262 g/mol. The minimum atomic E-state index is 0.0232. The Bertz CT molecular complexity index is 809. The topological polar surface area (TPSA) is 42.9 Å². The second kappa shape index (κ2) is 4.85. The highest BCUT2D eigenvalue weighted by Gasteiger charge is 2.12. The van der Waals surface area contributed by atoms with Crippen molar-refractivity contribution in [3.8, 4) is 0 Å². The number of carbonyl (C=O) groups is 1. The van der Waals surface area contributed by atoms with Gasteiger partial charge in [0.25, 0.3) is 0 Å². The highest BCUT2D eigenvalue weighted by Crippen LogP contribution is 2.18. The average Bonchev–Trinajstić information content (AvgIpc) is 2.46. The first kappa shape index (κ1) is 12.5. The summed E-state index contributed by atoms with van der Waals surface area (Å²) in [5.41, 5.74) is 5.06. The molecule has 0 aliphatic heterocycles. The van der Waals surface area contributed by atoms with Gasteiger partial charge in [0.15, 0.2) is 5.78 Å². The molecule has 2 aromatic carbocycles. The lowest BCUT2D eigenvalue weighted by Gasteiger charge is -2.06. The zero-order valence-electron chi connectivity index (χ0n) is 11.4. The van der Waals surface area contributed by atoms with Crippen molar-refractivity contribution in [2.24, 2.45) is 0 Å². The molecule has 20 heavy (non-hydrogen) atoms. The van der Waals surface area contributed by atoms with Gasteiger partial charge in [0.2, 0.25) is 0 Å². The van der Waals surface area contributed by atoms with Crippen LogP contribution in [0.15, 0.2) is 48.8 Å². The van der Waals surface area contributed by atoms with Gasteiger partial charge in [-0.15, -0.1) is 0 Å². The first-order chi connectivity index (χ1) is 9.65. The predicted molar refractivity (Wildman–Crippen MR) is 78.9 cm³/mol. The van der Waals surface area contributed by atoms with E-state index < -0.39 is 0 Å². The van der Waals surface area contributed by atoms with Gasteiger partial charge in [0.05, 0.1) is 11.0 Å². The molecule has 1 heterocycles. The van der Waals surface area contributed by atoms with Crippen LogP contribution in [0.3, 0.4) is 0 Å². The summed E-state index contributed by atoms with van der Waals surface area (Å²) in [4.78, 5) is 21.0. The normalized spacial score (nSPS) is 10.7. The third kappa shape index (κ3) is 2.18. The van der Waals surface area contributed by atoms with Gasteiger partial charge in [-0.2, -0.15) is 0 Å². The highest BCUT2D eigenvalue weighted by molar-refractivity contribution is 6.11. The number of aromatic nitrogens is 2. The van der Waals surface area contributed by atoms with E-state index in [0.29, 0.717) is 5.56 Å². The van der Waals surface area contributed by atoms with Gasteiger partial charge in [-0.3, -0.25) is 14.8 Å². The number of hydrogen-bond acceptors (Lipinski definition) is 3. The van der Waals surface area contributed by atoms with E-state index in [0.717, 1.165) is 27.7 Å². The summed E-state index contributed by atoms with van der Waals surface area (Å²) >= 11 is 0. The van der Waals surface area contributed by atoms with Gasteiger partial charge in [-0.25, -0.2) is 0 Å². The molecule has 3 rings (SSSR count). The zero-order chi connectivity index (χ0) is 14.1. The number of fused-ring (bicyclic) bond motifs is 1. The zero-order valence-corrected chi connectivity index (χ0v) is 11.4. The number of carbonyl (C=O) groups excluding carboxylic acids is 1. The molecular weight excluding hydrogens is 248 g/mol. The average molecular weight is 262 g/mol. The van der Waals surface area contributed by atoms with E-state index in [2.05, 4.69) is 9.97 Å². The van der Waals surface area contributed by atoms with Crippen LogP contribution in [0, 0.1) is 13.8 Å². The minimum Gasteiger partial charge on any atom is -0.289 e. The molecule has 0 saturated heterocycles. The Hall–Kier alpha value is -2.55. The number of hydrogen-bond donors (Lipinski definition) is 0. The van der Waals surface area contributed by atoms with Crippen LogP contribution in [-0.4, -0.2) is 15.8 Å². The fourth-order valence-electron chi connectivity index (χ4n) is 2.33. The van der Waals surface area contributed by atoms with Crippen molar-refractivity contribution < 1.29 is 4.79 Å². The molecular formula is C17H14N2O. The molecule has 0 amide bonds. The van der Waals surface area contributed by atoms with Crippen LogP contribution in [0.4, 0.5) is 0 Å². The van der Waals surface area contributed by atoms with Crippen LogP contribution < -0.4 is 0 Å². The summed E-state index contributed by atoms with van der Waals surface area (Å²) in [7, 11) is 0. The summed E-state index contributed by atoms with van der Waals surface area (Å²) in [6.07, 6.45) is 3.28. The molecule has 0 N–H and O–H groups in total. The van der Waals surface area contributed by atoms with E-state index in [9.17, 15) is 4.79 Å². The van der Waals surface area contributed by atoms with Crippen molar-refractivity contribution in [2.75, 3.05) is 0 Å². The van der Waals surface area contributed by atoms with Crippen molar-refractivity contribution in [2.45, 2.75) is 13.8 Å². The highest BCUT2D eigenvalue weighted by atomic mass is 16.1. The summed E-state index contributed by atoms with van der Waals surface area (Å²) in [5.74, 6) is 0.0232. The van der Waals surface area contributed by atoms with E-state index >= 15 is 0 Å². The summed E-state index contributed by atoms with van der Waals surface area (Å²) in [5, 5.41) is 0. The van der Waals surface area contributed by atoms with E-state index in [-0.39, 0.29) is 5.78 Å². The van der Waals surface area contributed by atoms with E-state index in [4.69, 9.17) is 0 Å². The molecule has 0 aliphatic rings. The predicted octanol–water partition coefficient (Wildman–Crippen LogP) is 3.48. The van der Waals surface area contributed by atoms with E-state index in [1.807, 2.05) is 38.1 Å². The number of nitrogens with zero attached hydrogens (tertiary/aromatic N) is 2. The van der Waals surface area contributed by atoms with Crippen molar-refractivity contribution in [3.05, 3.63) is 71.0 Å². The van der Waals surface area contributed by atoms with E-state index in [1.54, 1.807) is 24.5 Å². The first-order valence-corrected chi connectivity index (χ1v) is 6.48. The third-order valence-corrected chi connectivity index (χ3v) is 3.36. The Morgan fingerprint density at radius 3 is 2.40 bits per heavy atom. The maximum Gasteiger partial charge on any atom is 0.193 e. The quantitative estimate of drug-likeness (QED) is 0.664. The SMILES string of the molecule is Cc1ccc(C(=O)c2ccc3nccnc3c2)c(C)c1. The van der Waals surface area contributed by atoms with Crippen LogP contribution in [0.2, 0.25) is 0 Å². The third-order valence-electron chi connectivity index (χ3n) is 3.36. The lowest BCUT2D eigenvalue weighted by atomic mass is 9.97. The Balaban J connectivity index is 2.08. The Morgan fingerprint density at radius 1 is 0.900 bits per heavy atom. The van der Waals surface area contributed by atoms with Gasteiger partial charge in [0, 0.05) is 23.5 Å². The first-order valence-electron chi connectivity index (χ1n) is 6.48. The molecule has 1 aromatic heterocycles. The van der Waals surface area contributed by atoms with Crippen molar-refractivity contribution in [1.29, 1.82) is 0 Å². The van der Waals surface area contributed by atoms with Crippen LogP contribution in [-0.2, 0) is 0 Å². The summed E-state index contributed by atoms with van der Waals surface area (Å²) in [6.45, 7) is 3.98. The summed E-state index contributed by atoms with van der Waals surface area (Å²) in [6, 6.07) is 11.3. The molecule has 0 unspecified atom stereocenters. The number of benzene rings is 2. The molecule has 0 aliphatic carbocycles. The number of rotatable bonds is 2. The molecule has 0 saturated carbocycles. The maximum atomic E-state index is 12.6. The minimum absolute atomic E-state index is 0.0232. The molecule has 0 atom stereocenters. The van der Waals surface area contributed by atoms with Crippen LogP contribution in [0.25, 0.3) is 11.0 Å². The van der Waals surface area contributed by atoms with Gasteiger partial charge in [-0.1, -0.05) is 23.8 Å². The van der Waals surface area contributed by atoms with Crippen molar-refractivity contribution in [1.82, 2.24) is 9.97 Å². The molecule has 0 fully saturated rings. The number of ketones is 1. The van der Waals surface area contributed by atoms with Crippen molar-refractivity contribution >= 4 is 16.8 Å². The molecule has 3 nitrogen and oxygen atoms in total. The van der Waals surface area contributed by atoms with Gasteiger partial charge in [0.1, 0.15) is 0 Å². The number of aryl methyl sites for hydroxylation is 2. The second-order valence-electron chi connectivity index (χ2n) is 4.91. The van der Waals surface area contributed by atoms with Gasteiger partial charge >= 0.3 is 0 Å². The molecule has 3 aromatic rings. The molecule has 98 valence electrons. The maximum absolute atomic E-state index is 12.6. The summed E-state index contributed by atoms with van der Waals surface area (Å²) < 4.78 is 0. The molecule has 0 radical (unpaired) electrons. The molecule has 3 heteroatoms. The fraction of sp³-hybridized carbons (Fsp3) is 0.118. The Morgan fingerprint density at radius 2 is 1.65 bits per heavy atom. The second-order valence-corrected chi connectivity index (χ2v) is 4.91. The van der Waals surface area contributed by atoms with E-state index in [1.165, 1.54) is 0 Å². The van der Waals surface area contributed by atoms with Crippen LogP contribution in [0.1, 0.15) is 27.0 Å². The lowest BCUT2D eigenvalue weighted by Crippen LogP contribution is -2.04. The fourth-order valence-corrected chi connectivity index (χ4v) is 2.33.